The molecule has 0 spiro atoms. The van der Waals surface area contributed by atoms with Crippen molar-refractivity contribution in [1.82, 2.24) is 4.90 Å². The quantitative estimate of drug-likeness (QED) is 0.345. The zero-order valence-corrected chi connectivity index (χ0v) is 21.0. The molecule has 1 fully saturated rings. The molecular weight excluding hydrogens is 426 g/mol. The van der Waals surface area contributed by atoms with E-state index < -0.39 is 41.0 Å². The van der Waals surface area contributed by atoms with Gasteiger partial charge in [0.05, 0.1) is 13.2 Å². The second-order valence-electron chi connectivity index (χ2n) is 10.3. The Bertz CT molecular complexity index is 922. The molecule has 0 N–H and O–H groups in total. The maximum atomic E-state index is 13.0. The van der Waals surface area contributed by atoms with Crippen molar-refractivity contribution < 1.29 is 33.3 Å². The van der Waals surface area contributed by atoms with Gasteiger partial charge in [0.1, 0.15) is 17.0 Å². The van der Waals surface area contributed by atoms with E-state index in [9.17, 15) is 14.4 Å². The second kappa shape index (κ2) is 9.45. The average Bonchev–Trinajstić information content (AvgIpc) is 2.90. The van der Waals surface area contributed by atoms with E-state index in [0.717, 1.165) is 10.5 Å². The molecule has 182 valence electrons. The predicted molar refractivity (Wildman–Crippen MR) is 123 cm³/mol. The van der Waals surface area contributed by atoms with Crippen LogP contribution in [-0.4, -0.2) is 53.0 Å². The Morgan fingerprint density at radius 3 is 2.09 bits per heavy atom. The Hall–Kier alpha value is -3.03. The molecule has 0 bridgehead atoms. The van der Waals surface area contributed by atoms with Crippen molar-refractivity contribution in [1.29, 1.82) is 0 Å². The largest absolute Gasteiger partial charge is 0.497 e. The van der Waals surface area contributed by atoms with Gasteiger partial charge in [0.2, 0.25) is 0 Å². The van der Waals surface area contributed by atoms with Crippen molar-refractivity contribution in [2.75, 3.05) is 7.11 Å². The fourth-order valence-electron chi connectivity index (χ4n) is 3.45. The average molecular weight is 462 g/mol. The first-order valence-corrected chi connectivity index (χ1v) is 10.9. The third kappa shape index (κ3) is 6.73. The molecule has 2 amide bonds. The van der Waals surface area contributed by atoms with Gasteiger partial charge in [-0.1, -0.05) is 12.1 Å². The van der Waals surface area contributed by atoms with Crippen molar-refractivity contribution >= 4 is 18.2 Å². The molecule has 1 heterocycles. The van der Waals surface area contributed by atoms with Gasteiger partial charge < -0.3 is 18.9 Å². The van der Waals surface area contributed by atoms with E-state index in [-0.39, 0.29) is 6.42 Å². The first kappa shape index (κ1) is 26.2. The van der Waals surface area contributed by atoms with Gasteiger partial charge in [-0.2, -0.15) is 0 Å². The number of rotatable bonds is 5. The number of carbonyl (C=O) groups excluding carboxylic acids is 3. The monoisotopic (exact) mass is 461 g/mol. The summed E-state index contributed by atoms with van der Waals surface area (Å²) in [5.41, 5.74) is -1.45. The van der Waals surface area contributed by atoms with Gasteiger partial charge in [0.15, 0.2) is 5.60 Å². The van der Waals surface area contributed by atoms with Crippen LogP contribution in [0.2, 0.25) is 0 Å². The zero-order valence-electron chi connectivity index (χ0n) is 21.0. The van der Waals surface area contributed by atoms with Gasteiger partial charge >= 0.3 is 18.2 Å². The van der Waals surface area contributed by atoms with E-state index >= 15 is 0 Å². The highest BCUT2D eigenvalue weighted by Crippen LogP contribution is 2.39. The number of benzene rings is 1. The number of hydrogen-bond acceptors (Lipinski definition) is 7. The molecule has 1 aromatic carbocycles. The third-order valence-corrected chi connectivity index (χ3v) is 5.15. The Kier molecular flexibility index (Phi) is 7.51. The number of esters is 1. The summed E-state index contributed by atoms with van der Waals surface area (Å²) in [6, 6.07) is 6.54. The third-order valence-electron chi connectivity index (χ3n) is 5.15. The number of cyclic esters (lactones) is 1. The Morgan fingerprint density at radius 1 is 1.06 bits per heavy atom. The molecule has 33 heavy (non-hydrogen) atoms. The maximum absolute atomic E-state index is 13.0. The van der Waals surface area contributed by atoms with Crippen LogP contribution in [0.25, 0.3) is 0 Å². The van der Waals surface area contributed by atoms with E-state index in [1.54, 1.807) is 74.6 Å². The molecule has 1 saturated heterocycles. The standard InChI is InChI=1S/C25H35NO7/c1-16(14-20(27)31-23(2,3)4)25(8)19(15-17-10-12-18(30-9)13-11-17)26(22(29)33-25)21(28)32-24(5,6)7/h10-14,19H,15H2,1-9H3/b16-14+/t19-,25-/m1/s1. The molecule has 0 aliphatic carbocycles. The maximum Gasteiger partial charge on any atom is 0.420 e. The lowest BCUT2D eigenvalue weighted by molar-refractivity contribution is -0.148. The molecule has 2 atom stereocenters. The minimum absolute atomic E-state index is 0.283. The number of carbonyl (C=O) groups is 3. The highest BCUT2D eigenvalue weighted by Gasteiger charge is 2.55. The van der Waals surface area contributed by atoms with Crippen molar-refractivity contribution in [3.8, 4) is 5.75 Å². The molecule has 0 saturated carbocycles. The number of amides is 2. The van der Waals surface area contributed by atoms with Gasteiger partial charge in [-0.15, -0.1) is 0 Å². The molecule has 1 aliphatic rings. The van der Waals surface area contributed by atoms with E-state index in [4.69, 9.17) is 18.9 Å². The molecule has 2 rings (SSSR count). The molecular formula is C25H35NO7. The van der Waals surface area contributed by atoms with Gasteiger partial charge in [0, 0.05) is 6.08 Å². The predicted octanol–water partition coefficient (Wildman–Crippen LogP) is 5.04. The summed E-state index contributed by atoms with van der Waals surface area (Å²) >= 11 is 0. The molecule has 1 aliphatic heterocycles. The fourth-order valence-corrected chi connectivity index (χ4v) is 3.45. The summed E-state index contributed by atoms with van der Waals surface area (Å²) in [5.74, 6) is 0.126. The van der Waals surface area contributed by atoms with Crippen molar-refractivity contribution in [2.24, 2.45) is 0 Å². The van der Waals surface area contributed by atoms with Crippen LogP contribution in [-0.2, 0) is 25.4 Å². The van der Waals surface area contributed by atoms with Crippen molar-refractivity contribution in [3.05, 3.63) is 41.5 Å². The van der Waals surface area contributed by atoms with Crippen molar-refractivity contribution in [2.45, 2.75) is 84.7 Å². The molecule has 0 unspecified atom stereocenters. The Labute approximate surface area is 195 Å². The first-order valence-electron chi connectivity index (χ1n) is 10.9. The smallest absolute Gasteiger partial charge is 0.420 e. The molecule has 0 radical (unpaired) electrons. The first-order chi connectivity index (χ1) is 15.1. The van der Waals surface area contributed by atoms with Crippen LogP contribution in [0.1, 0.15) is 61.0 Å². The number of methoxy groups -OCH3 is 1. The Balaban J connectivity index is 2.46. The number of nitrogens with zero attached hydrogens (tertiary/aromatic N) is 1. The number of hydrogen-bond donors (Lipinski definition) is 0. The summed E-state index contributed by atoms with van der Waals surface area (Å²) in [5, 5.41) is 0. The normalized spacial score (nSPS) is 21.5. The Morgan fingerprint density at radius 2 is 1.61 bits per heavy atom. The summed E-state index contributed by atoms with van der Waals surface area (Å²) in [7, 11) is 1.57. The summed E-state index contributed by atoms with van der Waals surface area (Å²) in [4.78, 5) is 39.3. The van der Waals surface area contributed by atoms with Crippen LogP contribution in [0.5, 0.6) is 5.75 Å². The minimum Gasteiger partial charge on any atom is -0.497 e. The van der Waals surface area contributed by atoms with Gasteiger partial charge in [-0.05, 0) is 85.1 Å². The highest BCUT2D eigenvalue weighted by molar-refractivity contribution is 5.91. The SMILES string of the molecule is COc1ccc(C[C@H]2N(C(=O)OC(C)(C)C)C(=O)O[C@]2(C)/C(C)=C/C(=O)OC(C)(C)C)cc1. The summed E-state index contributed by atoms with van der Waals surface area (Å²) in [6.45, 7) is 13.8. The van der Waals surface area contributed by atoms with Gasteiger partial charge in [0.25, 0.3) is 0 Å². The molecule has 8 heteroatoms. The van der Waals surface area contributed by atoms with E-state index in [1.807, 2.05) is 12.1 Å². The van der Waals surface area contributed by atoms with Gasteiger partial charge in [-0.3, -0.25) is 0 Å². The lowest BCUT2D eigenvalue weighted by atomic mass is 9.84. The van der Waals surface area contributed by atoms with Crippen LogP contribution in [0, 0.1) is 0 Å². The van der Waals surface area contributed by atoms with Gasteiger partial charge in [-0.25, -0.2) is 19.3 Å². The van der Waals surface area contributed by atoms with Crippen LogP contribution in [0.4, 0.5) is 9.59 Å². The van der Waals surface area contributed by atoms with Crippen molar-refractivity contribution in [3.63, 3.8) is 0 Å². The van der Waals surface area contributed by atoms with E-state index in [0.29, 0.717) is 11.3 Å². The lowest BCUT2D eigenvalue weighted by Crippen LogP contribution is -2.49. The van der Waals surface area contributed by atoms with E-state index in [2.05, 4.69) is 0 Å². The second-order valence-corrected chi connectivity index (χ2v) is 10.3. The summed E-state index contributed by atoms with van der Waals surface area (Å²) in [6.07, 6.45) is -0.0506. The summed E-state index contributed by atoms with van der Waals surface area (Å²) < 4.78 is 21.8. The lowest BCUT2D eigenvalue weighted by Gasteiger charge is -2.33. The topological polar surface area (TPSA) is 91.4 Å². The van der Waals surface area contributed by atoms with Crippen LogP contribution >= 0.6 is 0 Å². The molecule has 1 aromatic rings. The zero-order chi connectivity index (χ0) is 25.2. The highest BCUT2D eigenvalue weighted by atomic mass is 16.6. The number of imide groups is 1. The van der Waals surface area contributed by atoms with Crippen LogP contribution < -0.4 is 4.74 Å². The fraction of sp³-hybridized carbons (Fsp3) is 0.560. The number of ether oxygens (including phenoxy) is 4. The minimum atomic E-state index is -1.27. The molecule has 8 nitrogen and oxygen atoms in total. The molecule has 0 aromatic heterocycles. The van der Waals surface area contributed by atoms with E-state index in [1.165, 1.54) is 6.08 Å². The van der Waals surface area contributed by atoms with Crippen LogP contribution in [0.15, 0.2) is 35.9 Å². The van der Waals surface area contributed by atoms with Crippen LogP contribution in [0.3, 0.4) is 0 Å².